The van der Waals surface area contributed by atoms with Crippen LogP contribution < -0.4 is 0 Å². The van der Waals surface area contributed by atoms with E-state index in [1.165, 1.54) is 12.1 Å². The van der Waals surface area contributed by atoms with Crippen molar-refractivity contribution in [3.8, 4) is 11.5 Å². The molecular weight excluding hydrogens is 301 g/mol. The molecule has 1 atom stereocenters. The molecule has 0 aliphatic carbocycles. The van der Waals surface area contributed by atoms with Crippen molar-refractivity contribution in [3.05, 3.63) is 36.0 Å². The molecule has 0 unspecified atom stereocenters. The van der Waals surface area contributed by atoms with E-state index in [0.717, 1.165) is 24.4 Å². The Labute approximate surface area is 134 Å². The van der Waals surface area contributed by atoms with Crippen molar-refractivity contribution in [2.24, 2.45) is 5.92 Å². The summed E-state index contributed by atoms with van der Waals surface area (Å²) in [7, 11) is 0. The molecule has 0 bridgehead atoms. The van der Waals surface area contributed by atoms with Gasteiger partial charge in [0.15, 0.2) is 0 Å². The Kier molecular flexibility index (Phi) is 4.78. The van der Waals surface area contributed by atoms with Crippen molar-refractivity contribution in [2.75, 3.05) is 18.8 Å². The normalized spacial score (nSPS) is 19.7. The van der Waals surface area contributed by atoms with Gasteiger partial charge in [0, 0.05) is 29.7 Å². The second kappa shape index (κ2) is 6.79. The zero-order valence-electron chi connectivity index (χ0n) is 12.8. The third-order valence-electron chi connectivity index (χ3n) is 3.84. The molecule has 3 rings (SSSR count). The van der Waals surface area contributed by atoms with Gasteiger partial charge in [0.2, 0.25) is 11.8 Å². The number of aromatic nitrogens is 2. The Morgan fingerprint density at radius 3 is 2.82 bits per heavy atom. The molecular formula is C16H20FN3OS. The Morgan fingerprint density at radius 2 is 2.09 bits per heavy atom. The van der Waals surface area contributed by atoms with E-state index < -0.39 is 0 Å². The van der Waals surface area contributed by atoms with Crippen LogP contribution in [0.4, 0.5) is 4.39 Å². The van der Waals surface area contributed by atoms with Crippen LogP contribution in [0.1, 0.15) is 19.7 Å². The van der Waals surface area contributed by atoms with Gasteiger partial charge in [-0.15, -0.1) is 10.2 Å². The first-order chi connectivity index (χ1) is 10.6. The monoisotopic (exact) mass is 321 g/mol. The first kappa shape index (κ1) is 15.5. The molecule has 0 amide bonds. The van der Waals surface area contributed by atoms with Crippen LogP contribution in [0.25, 0.3) is 11.5 Å². The summed E-state index contributed by atoms with van der Waals surface area (Å²) in [6.07, 6.45) is 0. The van der Waals surface area contributed by atoms with E-state index >= 15 is 0 Å². The van der Waals surface area contributed by atoms with Crippen molar-refractivity contribution in [1.82, 2.24) is 15.1 Å². The summed E-state index contributed by atoms with van der Waals surface area (Å²) in [5.41, 5.74) is 0.745. The lowest BCUT2D eigenvalue weighted by molar-refractivity contribution is 0.236. The molecule has 1 aliphatic heterocycles. The van der Waals surface area contributed by atoms with Crippen molar-refractivity contribution in [2.45, 2.75) is 25.6 Å². The van der Waals surface area contributed by atoms with Crippen LogP contribution in [0.3, 0.4) is 0 Å². The van der Waals surface area contributed by atoms with E-state index in [1.54, 1.807) is 12.1 Å². The highest BCUT2D eigenvalue weighted by Gasteiger charge is 2.24. The molecule has 2 heterocycles. The lowest BCUT2D eigenvalue weighted by atomic mass is 10.1. The van der Waals surface area contributed by atoms with E-state index in [4.69, 9.17) is 4.42 Å². The molecule has 0 spiro atoms. The van der Waals surface area contributed by atoms with E-state index in [1.807, 2.05) is 11.8 Å². The molecule has 1 aliphatic rings. The predicted molar refractivity (Wildman–Crippen MR) is 86.1 cm³/mol. The Hall–Kier alpha value is -1.40. The second-order valence-electron chi connectivity index (χ2n) is 5.90. The van der Waals surface area contributed by atoms with Crippen molar-refractivity contribution >= 4 is 11.8 Å². The Balaban J connectivity index is 1.65. The second-order valence-corrected chi connectivity index (χ2v) is 7.24. The van der Waals surface area contributed by atoms with Crippen LogP contribution in [-0.2, 0) is 6.54 Å². The van der Waals surface area contributed by atoms with Crippen LogP contribution in [0.5, 0.6) is 0 Å². The number of halogens is 1. The maximum atomic E-state index is 12.9. The van der Waals surface area contributed by atoms with Gasteiger partial charge in [0.1, 0.15) is 5.82 Å². The Morgan fingerprint density at radius 1 is 1.32 bits per heavy atom. The minimum absolute atomic E-state index is 0.269. The maximum Gasteiger partial charge on any atom is 0.247 e. The topological polar surface area (TPSA) is 42.2 Å². The van der Waals surface area contributed by atoms with Gasteiger partial charge in [0.05, 0.1) is 6.54 Å². The third kappa shape index (κ3) is 3.67. The first-order valence-electron chi connectivity index (χ1n) is 7.54. The fourth-order valence-corrected chi connectivity index (χ4v) is 3.86. The summed E-state index contributed by atoms with van der Waals surface area (Å²) in [6, 6.07) is 6.10. The molecule has 1 fully saturated rings. The summed E-state index contributed by atoms with van der Waals surface area (Å²) in [5.74, 6) is 2.61. The molecule has 2 aromatic rings. The Bertz CT molecular complexity index is 614. The number of thioether (sulfide) groups is 1. The predicted octanol–water partition coefficient (Wildman–Crippen LogP) is 3.45. The summed E-state index contributed by atoms with van der Waals surface area (Å²) < 4.78 is 18.7. The van der Waals surface area contributed by atoms with Crippen LogP contribution in [0, 0.1) is 11.7 Å². The van der Waals surface area contributed by atoms with Gasteiger partial charge < -0.3 is 4.42 Å². The van der Waals surface area contributed by atoms with E-state index in [2.05, 4.69) is 28.9 Å². The van der Waals surface area contributed by atoms with Gasteiger partial charge in [-0.1, -0.05) is 13.8 Å². The van der Waals surface area contributed by atoms with Crippen LogP contribution >= 0.6 is 11.8 Å². The van der Waals surface area contributed by atoms with Gasteiger partial charge in [-0.2, -0.15) is 11.8 Å². The zero-order valence-corrected chi connectivity index (χ0v) is 13.6. The highest BCUT2D eigenvalue weighted by Crippen LogP contribution is 2.26. The number of benzene rings is 1. The minimum atomic E-state index is -0.269. The zero-order chi connectivity index (χ0) is 15.5. The lowest BCUT2D eigenvalue weighted by Gasteiger charge is -2.33. The fraction of sp³-hybridized carbons (Fsp3) is 0.500. The third-order valence-corrected chi connectivity index (χ3v) is 5.38. The summed E-state index contributed by atoms with van der Waals surface area (Å²) in [5, 5.41) is 8.85. The molecule has 0 N–H and O–H groups in total. The van der Waals surface area contributed by atoms with E-state index in [9.17, 15) is 4.39 Å². The largest absolute Gasteiger partial charge is 0.419 e. The number of rotatable bonds is 4. The molecule has 1 aromatic heterocycles. The number of hydrogen-bond acceptors (Lipinski definition) is 5. The molecule has 22 heavy (non-hydrogen) atoms. The minimum Gasteiger partial charge on any atom is -0.419 e. The average Bonchev–Trinajstić information content (AvgIpc) is 2.96. The van der Waals surface area contributed by atoms with Crippen molar-refractivity contribution < 1.29 is 8.81 Å². The molecule has 0 radical (unpaired) electrons. The maximum absolute atomic E-state index is 12.9. The van der Waals surface area contributed by atoms with E-state index in [-0.39, 0.29) is 5.82 Å². The molecule has 1 aromatic carbocycles. The first-order valence-corrected chi connectivity index (χ1v) is 8.59. The summed E-state index contributed by atoms with van der Waals surface area (Å²) in [6.45, 7) is 7.30. The van der Waals surface area contributed by atoms with Crippen LogP contribution in [-0.4, -0.2) is 39.2 Å². The number of hydrogen-bond donors (Lipinski definition) is 0. The van der Waals surface area contributed by atoms with Gasteiger partial charge >= 0.3 is 0 Å². The highest BCUT2D eigenvalue weighted by molar-refractivity contribution is 8.00. The lowest BCUT2D eigenvalue weighted by Crippen LogP contribution is -2.39. The highest BCUT2D eigenvalue weighted by atomic mass is 32.2. The van der Waals surface area contributed by atoms with Crippen LogP contribution in [0.2, 0.25) is 0 Å². The smallest absolute Gasteiger partial charge is 0.247 e. The molecule has 6 heteroatoms. The molecule has 118 valence electrons. The molecule has 1 saturated heterocycles. The van der Waals surface area contributed by atoms with Crippen molar-refractivity contribution in [1.29, 1.82) is 0 Å². The molecule has 4 nitrogen and oxygen atoms in total. The van der Waals surface area contributed by atoms with E-state index in [0.29, 0.717) is 29.5 Å². The quantitative estimate of drug-likeness (QED) is 0.863. The van der Waals surface area contributed by atoms with Gasteiger partial charge in [-0.3, -0.25) is 4.90 Å². The van der Waals surface area contributed by atoms with Gasteiger partial charge in [0.25, 0.3) is 0 Å². The SMILES string of the molecule is CC(C)[C@H]1CN(Cc2nnc(-c3ccc(F)cc3)o2)CCS1. The number of nitrogens with zero attached hydrogens (tertiary/aromatic N) is 3. The fourth-order valence-electron chi connectivity index (χ4n) is 2.50. The molecule has 0 saturated carbocycles. The van der Waals surface area contributed by atoms with Gasteiger partial charge in [-0.05, 0) is 30.2 Å². The standard InChI is InChI=1S/C16H20FN3OS/c1-11(2)14-9-20(7-8-22-14)10-15-18-19-16(21-15)12-3-5-13(17)6-4-12/h3-6,11,14H,7-10H2,1-2H3/t14-/m1/s1. The van der Waals surface area contributed by atoms with Crippen LogP contribution in [0.15, 0.2) is 28.7 Å². The van der Waals surface area contributed by atoms with Gasteiger partial charge in [-0.25, -0.2) is 4.39 Å². The van der Waals surface area contributed by atoms with Crippen molar-refractivity contribution in [3.63, 3.8) is 0 Å². The summed E-state index contributed by atoms with van der Waals surface area (Å²) in [4.78, 5) is 2.36. The summed E-state index contributed by atoms with van der Waals surface area (Å²) >= 11 is 2.05. The average molecular weight is 321 g/mol.